The van der Waals surface area contributed by atoms with Crippen molar-refractivity contribution in [1.82, 2.24) is 10.2 Å². The standard InChI is InChI=1S/C9H18N2O2/c1-3-11-6-4-5-8(11)7-10-9(12)13-2/h8H,3-7H2,1-2H3,(H,10,12). The highest BCUT2D eigenvalue weighted by molar-refractivity contribution is 5.66. The first kappa shape index (κ1) is 10.3. The van der Waals surface area contributed by atoms with E-state index in [1.165, 1.54) is 20.0 Å². The minimum Gasteiger partial charge on any atom is -0.453 e. The smallest absolute Gasteiger partial charge is 0.406 e. The molecular formula is C9H18N2O2. The largest absolute Gasteiger partial charge is 0.453 e. The van der Waals surface area contributed by atoms with E-state index in [4.69, 9.17) is 0 Å². The Bertz CT molecular complexity index is 173. The zero-order chi connectivity index (χ0) is 9.68. The van der Waals surface area contributed by atoms with Crippen molar-refractivity contribution < 1.29 is 9.53 Å². The quantitative estimate of drug-likeness (QED) is 0.709. The van der Waals surface area contributed by atoms with Gasteiger partial charge in [-0.1, -0.05) is 6.92 Å². The number of rotatable bonds is 3. The van der Waals surface area contributed by atoms with Crippen LogP contribution in [-0.2, 0) is 4.74 Å². The molecule has 1 saturated heterocycles. The number of likely N-dealkylation sites (N-methyl/N-ethyl adjacent to an activating group) is 1. The van der Waals surface area contributed by atoms with E-state index in [1.54, 1.807) is 0 Å². The molecule has 1 fully saturated rings. The van der Waals surface area contributed by atoms with Gasteiger partial charge < -0.3 is 10.1 Å². The summed E-state index contributed by atoms with van der Waals surface area (Å²) in [6.45, 7) is 5.08. The predicted molar refractivity (Wildman–Crippen MR) is 50.7 cm³/mol. The maximum absolute atomic E-state index is 10.8. The minimum absolute atomic E-state index is 0.331. The molecule has 0 aromatic rings. The molecule has 0 spiro atoms. The summed E-state index contributed by atoms with van der Waals surface area (Å²) in [6.07, 6.45) is 2.09. The molecule has 1 aliphatic heterocycles. The fourth-order valence-electron chi connectivity index (χ4n) is 1.82. The maximum Gasteiger partial charge on any atom is 0.406 e. The van der Waals surface area contributed by atoms with Crippen molar-refractivity contribution >= 4 is 6.09 Å². The third-order valence-electron chi connectivity index (χ3n) is 2.57. The highest BCUT2D eigenvalue weighted by Gasteiger charge is 2.22. The molecule has 0 saturated carbocycles. The Morgan fingerprint density at radius 3 is 3.08 bits per heavy atom. The molecule has 13 heavy (non-hydrogen) atoms. The van der Waals surface area contributed by atoms with Gasteiger partial charge >= 0.3 is 6.09 Å². The summed E-state index contributed by atoms with van der Waals surface area (Å²) in [5.41, 5.74) is 0. The average Bonchev–Trinajstić information content (AvgIpc) is 2.61. The molecule has 4 heteroatoms. The number of nitrogens with one attached hydrogen (secondary N) is 1. The van der Waals surface area contributed by atoms with E-state index in [2.05, 4.69) is 21.9 Å². The Morgan fingerprint density at radius 2 is 2.46 bits per heavy atom. The molecule has 0 aromatic carbocycles. The van der Waals surface area contributed by atoms with Crippen LogP contribution in [0, 0.1) is 0 Å². The predicted octanol–water partition coefficient (Wildman–Crippen LogP) is 0.827. The van der Waals surface area contributed by atoms with Gasteiger partial charge in [0.15, 0.2) is 0 Å². The van der Waals surface area contributed by atoms with Gasteiger partial charge in [0, 0.05) is 12.6 Å². The van der Waals surface area contributed by atoms with Crippen LogP contribution in [-0.4, -0.2) is 43.8 Å². The number of amides is 1. The SMILES string of the molecule is CCN1CCCC1CNC(=O)OC. The van der Waals surface area contributed by atoms with Gasteiger partial charge in [0.05, 0.1) is 7.11 Å². The lowest BCUT2D eigenvalue weighted by Gasteiger charge is -2.22. The van der Waals surface area contributed by atoms with Crippen molar-refractivity contribution in [3.63, 3.8) is 0 Å². The van der Waals surface area contributed by atoms with Crippen molar-refractivity contribution in [3.05, 3.63) is 0 Å². The first-order valence-corrected chi connectivity index (χ1v) is 4.83. The monoisotopic (exact) mass is 186 g/mol. The summed E-state index contributed by atoms with van der Waals surface area (Å²) in [4.78, 5) is 13.2. The van der Waals surface area contributed by atoms with E-state index in [0.29, 0.717) is 12.6 Å². The molecule has 1 aliphatic rings. The Balaban J connectivity index is 2.23. The number of alkyl carbamates (subject to hydrolysis) is 1. The molecule has 1 unspecified atom stereocenters. The van der Waals surface area contributed by atoms with Crippen LogP contribution in [0.5, 0.6) is 0 Å². The highest BCUT2D eigenvalue weighted by atomic mass is 16.5. The van der Waals surface area contributed by atoms with Crippen molar-refractivity contribution in [2.24, 2.45) is 0 Å². The summed E-state index contributed by atoms with van der Waals surface area (Å²) in [6, 6.07) is 0.504. The van der Waals surface area contributed by atoms with Gasteiger partial charge in [-0.25, -0.2) is 4.79 Å². The second-order valence-corrected chi connectivity index (χ2v) is 3.30. The molecule has 0 radical (unpaired) electrons. The number of hydrogen-bond acceptors (Lipinski definition) is 3. The van der Waals surface area contributed by atoms with Crippen molar-refractivity contribution in [2.45, 2.75) is 25.8 Å². The molecule has 0 bridgehead atoms. The van der Waals surface area contributed by atoms with Crippen LogP contribution in [0.4, 0.5) is 4.79 Å². The number of likely N-dealkylation sites (tertiary alicyclic amines) is 1. The topological polar surface area (TPSA) is 41.6 Å². The molecule has 0 aliphatic carbocycles. The zero-order valence-corrected chi connectivity index (χ0v) is 8.38. The van der Waals surface area contributed by atoms with Gasteiger partial charge in [-0.15, -0.1) is 0 Å². The lowest BCUT2D eigenvalue weighted by molar-refractivity contribution is 0.165. The van der Waals surface area contributed by atoms with Gasteiger partial charge in [0.1, 0.15) is 0 Å². The molecule has 1 amide bonds. The summed E-state index contributed by atoms with van der Waals surface area (Å²) in [5, 5.41) is 2.74. The molecule has 4 nitrogen and oxygen atoms in total. The van der Waals surface area contributed by atoms with Crippen LogP contribution in [0.15, 0.2) is 0 Å². The zero-order valence-electron chi connectivity index (χ0n) is 8.38. The van der Waals surface area contributed by atoms with E-state index in [1.807, 2.05) is 0 Å². The number of carbonyl (C=O) groups is 1. The molecule has 1 rings (SSSR count). The molecular weight excluding hydrogens is 168 g/mol. The summed E-state index contributed by atoms with van der Waals surface area (Å²) >= 11 is 0. The fraction of sp³-hybridized carbons (Fsp3) is 0.889. The molecule has 1 atom stereocenters. The van der Waals surface area contributed by atoms with Crippen LogP contribution in [0.3, 0.4) is 0 Å². The number of hydrogen-bond donors (Lipinski definition) is 1. The Labute approximate surface area is 79.2 Å². The Hall–Kier alpha value is -0.770. The van der Waals surface area contributed by atoms with E-state index < -0.39 is 0 Å². The maximum atomic E-state index is 10.8. The molecule has 1 heterocycles. The average molecular weight is 186 g/mol. The van der Waals surface area contributed by atoms with E-state index >= 15 is 0 Å². The van der Waals surface area contributed by atoms with Crippen LogP contribution >= 0.6 is 0 Å². The summed E-state index contributed by atoms with van der Waals surface area (Å²) in [7, 11) is 1.39. The summed E-state index contributed by atoms with van der Waals surface area (Å²) < 4.78 is 4.51. The number of ether oxygens (including phenoxy) is 1. The second-order valence-electron chi connectivity index (χ2n) is 3.30. The second kappa shape index (κ2) is 5.07. The normalized spacial score (nSPS) is 23.1. The highest BCUT2D eigenvalue weighted by Crippen LogP contribution is 2.15. The van der Waals surface area contributed by atoms with Crippen LogP contribution in [0.2, 0.25) is 0 Å². The third-order valence-corrected chi connectivity index (χ3v) is 2.57. The van der Waals surface area contributed by atoms with E-state index in [0.717, 1.165) is 13.1 Å². The molecule has 0 aromatic heterocycles. The minimum atomic E-state index is -0.331. The van der Waals surface area contributed by atoms with Gasteiger partial charge in [0.25, 0.3) is 0 Å². The first-order chi connectivity index (χ1) is 6.27. The number of carbonyl (C=O) groups excluding carboxylic acids is 1. The number of methoxy groups -OCH3 is 1. The molecule has 1 N–H and O–H groups in total. The lowest BCUT2D eigenvalue weighted by atomic mass is 10.2. The van der Waals surface area contributed by atoms with Crippen LogP contribution in [0.25, 0.3) is 0 Å². The van der Waals surface area contributed by atoms with Gasteiger partial charge in [-0.2, -0.15) is 0 Å². The fourth-order valence-corrected chi connectivity index (χ4v) is 1.82. The van der Waals surface area contributed by atoms with Crippen LogP contribution in [0.1, 0.15) is 19.8 Å². The molecule has 76 valence electrons. The van der Waals surface area contributed by atoms with E-state index in [9.17, 15) is 4.79 Å². The first-order valence-electron chi connectivity index (χ1n) is 4.83. The number of nitrogens with zero attached hydrogens (tertiary/aromatic N) is 1. The third kappa shape index (κ3) is 2.88. The van der Waals surface area contributed by atoms with Crippen molar-refractivity contribution in [1.29, 1.82) is 0 Å². The van der Waals surface area contributed by atoms with E-state index in [-0.39, 0.29) is 6.09 Å². The van der Waals surface area contributed by atoms with Gasteiger partial charge in [0.2, 0.25) is 0 Å². The van der Waals surface area contributed by atoms with Crippen LogP contribution < -0.4 is 5.32 Å². The van der Waals surface area contributed by atoms with Gasteiger partial charge in [-0.3, -0.25) is 4.90 Å². The van der Waals surface area contributed by atoms with Gasteiger partial charge in [-0.05, 0) is 25.9 Å². The van der Waals surface area contributed by atoms with Crippen molar-refractivity contribution in [2.75, 3.05) is 26.7 Å². The lowest BCUT2D eigenvalue weighted by Crippen LogP contribution is -2.39. The Kier molecular flexibility index (Phi) is 4.02. The Morgan fingerprint density at radius 1 is 1.69 bits per heavy atom. The summed E-state index contributed by atoms with van der Waals surface area (Å²) in [5.74, 6) is 0. The van der Waals surface area contributed by atoms with Crippen molar-refractivity contribution in [3.8, 4) is 0 Å².